The van der Waals surface area contributed by atoms with Crippen LogP contribution in [0.25, 0.3) is 0 Å². The molecule has 0 radical (unpaired) electrons. The Hall–Kier alpha value is -0.0800. The molecule has 4 aliphatic carbocycles. The van der Waals surface area contributed by atoms with E-state index < -0.39 is 0 Å². The zero-order valence-electron chi connectivity index (χ0n) is 10.4. The van der Waals surface area contributed by atoms with Gasteiger partial charge in [-0.1, -0.05) is 6.92 Å². The molecule has 0 aliphatic heterocycles. The first-order valence-electron chi connectivity index (χ1n) is 7.10. The summed E-state index contributed by atoms with van der Waals surface area (Å²) in [5.74, 6) is 4.47. The molecule has 0 amide bonds. The Morgan fingerprint density at radius 1 is 1.06 bits per heavy atom. The molecular weight excluding hydrogens is 198 g/mol. The van der Waals surface area contributed by atoms with E-state index in [9.17, 15) is 0 Å². The second-order valence-electron chi connectivity index (χ2n) is 6.65. The molecule has 4 fully saturated rings. The Labute approximate surface area is 98.8 Å². The molecule has 92 valence electrons. The molecule has 1 atom stereocenters. The standard InChI is InChI=1S/C14H25NO/c1-9(8-16)7-15-14-12-3-10-2-11(5-12)6-13(14)4-10/h9-16H,2-8H2,1H3. The SMILES string of the molecule is CC(CO)CNC1C2CC3CC(C2)CC1C3. The zero-order valence-corrected chi connectivity index (χ0v) is 10.4. The van der Waals surface area contributed by atoms with Crippen molar-refractivity contribution in [2.75, 3.05) is 13.2 Å². The Kier molecular flexibility index (Phi) is 2.97. The van der Waals surface area contributed by atoms with Crippen LogP contribution in [-0.2, 0) is 0 Å². The van der Waals surface area contributed by atoms with E-state index >= 15 is 0 Å². The number of hydrogen-bond donors (Lipinski definition) is 2. The largest absolute Gasteiger partial charge is 0.396 e. The minimum Gasteiger partial charge on any atom is -0.396 e. The van der Waals surface area contributed by atoms with E-state index in [1.807, 2.05) is 0 Å². The van der Waals surface area contributed by atoms with Crippen LogP contribution in [0.5, 0.6) is 0 Å². The Morgan fingerprint density at radius 2 is 1.62 bits per heavy atom. The summed E-state index contributed by atoms with van der Waals surface area (Å²) in [4.78, 5) is 0. The fourth-order valence-electron chi connectivity index (χ4n) is 4.66. The van der Waals surface area contributed by atoms with Gasteiger partial charge < -0.3 is 10.4 Å². The summed E-state index contributed by atoms with van der Waals surface area (Å²) in [5.41, 5.74) is 0. The first-order valence-corrected chi connectivity index (χ1v) is 7.10. The first kappa shape index (κ1) is 11.0. The molecule has 0 aromatic carbocycles. The predicted octanol–water partition coefficient (Wildman–Crippen LogP) is 2.03. The molecule has 0 aromatic heterocycles. The van der Waals surface area contributed by atoms with E-state index in [2.05, 4.69) is 12.2 Å². The maximum Gasteiger partial charge on any atom is 0.0468 e. The number of nitrogens with one attached hydrogen (secondary N) is 1. The van der Waals surface area contributed by atoms with Crippen molar-refractivity contribution < 1.29 is 5.11 Å². The van der Waals surface area contributed by atoms with E-state index in [1.165, 1.54) is 32.1 Å². The van der Waals surface area contributed by atoms with Gasteiger partial charge in [0.2, 0.25) is 0 Å². The van der Waals surface area contributed by atoms with Crippen LogP contribution in [-0.4, -0.2) is 24.3 Å². The van der Waals surface area contributed by atoms with E-state index in [0.29, 0.717) is 12.5 Å². The van der Waals surface area contributed by atoms with Crippen LogP contribution in [0, 0.1) is 29.6 Å². The fraction of sp³-hybridized carbons (Fsp3) is 1.00. The van der Waals surface area contributed by atoms with Gasteiger partial charge in [0.25, 0.3) is 0 Å². The van der Waals surface area contributed by atoms with Crippen molar-refractivity contribution >= 4 is 0 Å². The van der Waals surface area contributed by atoms with Crippen molar-refractivity contribution in [3.63, 3.8) is 0 Å². The number of rotatable bonds is 4. The van der Waals surface area contributed by atoms with Crippen molar-refractivity contribution in [2.24, 2.45) is 29.6 Å². The summed E-state index contributed by atoms with van der Waals surface area (Å²) in [5, 5.41) is 12.8. The van der Waals surface area contributed by atoms with Gasteiger partial charge >= 0.3 is 0 Å². The molecule has 2 N–H and O–H groups in total. The molecule has 0 heterocycles. The minimum atomic E-state index is 0.320. The summed E-state index contributed by atoms with van der Waals surface area (Å²) >= 11 is 0. The lowest BCUT2D eigenvalue weighted by molar-refractivity contribution is -0.0152. The molecule has 16 heavy (non-hydrogen) atoms. The average molecular weight is 223 g/mol. The van der Waals surface area contributed by atoms with Gasteiger partial charge in [-0.25, -0.2) is 0 Å². The summed E-state index contributed by atoms with van der Waals surface area (Å²) in [6.45, 7) is 3.45. The van der Waals surface area contributed by atoms with Crippen molar-refractivity contribution in [1.82, 2.24) is 5.32 Å². The highest BCUT2D eigenvalue weighted by atomic mass is 16.3. The number of hydrogen-bond acceptors (Lipinski definition) is 2. The third-order valence-corrected chi connectivity index (χ3v) is 5.24. The van der Waals surface area contributed by atoms with E-state index in [4.69, 9.17) is 5.11 Å². The molecule has 1 unspecified atom stereocenters. The zero-order chi connectivity index (χ0) is 11.1. The highest BCUT2D eigenvalue weighted by Gasteiger charge is 2.47. The topological polar surface area (TPSA) is 32.3 Å². The van der Waals surface area contributed by atoms with Crippen molar-refractivity contribution in [2.45, 2.75) is 45.1 Å². The van der Waals surface area contributed by atoms with Crippen LogP contribution >= 0.6 is 0 Å². The van der Waals surface area contributed by atoms with Gasteiger partial charge in [-0.15, -0.1) is 0 Å². The normalized spacial score (nSPS) is 47.2. The van der Waals surface area contributed by atoms with Crippen LogP contribution in [0.4, 0.5) is 0 Å². The highest BCUT2D eigenvalue weighted by molar-refractivity contribution is 5.01. The molecule has 4 bridgehead atoms. The van der Waals surface area contributed by atoms with E-state index in [1.54, 1.807) is 0 Å². The second-order valence-corrected chi connectivity index (χ2v) is 6.65. The first-order chi connectivity index (χ1) is 7.76. The van der Waals surface area contributed by atoms with Crippen LogP contribution in [0.3, 0.4) is 0 Å². The molecular formula is C14H25NO. The van der Waals surface area contributed by atoms with Gasteiger partial charge in [0.1, 0.15) is 0 Å². The third-order valence-electron chi connectivity index (χ3n) is 5.24. The molecule has 0 spiro atoms. The monoisotopic (exact) mass is 223 g/mol. The lowest BCUT2D eigenvalue weighted by atomic mass is 9.54. The van der Waals surface area contributed by atoms with Gasteiger partial charge in [0, 0.05) is 19.2 Å². The molecule has 2 nitrogen and oxygen atoms in total. The lowest BCUT2D eigenvalue weighted by Crippen LogP contribution is -2.55. The Morgan fingerprint density at radius 3 is 2.12 bits per heavy atom. The highest BCUT2D eigenvalue weighted by Crippen LogP contribution is 2.53. The predicted molar refractivity (Wildman–Crippen MR) is 65.1 cm³/mol. The minimum absolute atomic E-state index is 0.320. The molecule has 4 saturated carbocycles. The molecule has 4 aliphatic rings. The van der Waals surface area contributed by atoms with Gasteiger partial charge in [-0.3, -0.25) is 0 Å². The average Bonchev–Trinajstić information content (AvgIpc) is 2.26. The van der Waals surface area contributed by atoms with E-state index in [0.717, 1.165) is 36.3 Å². The Bertz CT molecular complexity index is 225. The third kappa shape index (κ3) is 1.91. The van der Waals surface area contributed by atoms with Crippen molar-refractivity contribution in [3.8, 4) is 0 Å². The second kappa shape index (κ2) is 4.30. The van der Waals surface area contributed by atoms with Crippen LogP contribution < -0.4 is 5.32 Å². The quantitative estimate of drug-likeness (QED) is 0.764. The smallest absolute Gasteiger partial charge is 0.0468 e. The number of aliphatic hydroxyl groups is 1. The van der Waals surface area contributed by atoms with Gasteiger partial charge in [-0.2, -0.15) is 0 Å². The molecule has 0 aromatic rings. The molecule has 2 heteroatoms. The lowest BCUT2D eigenvalue weighted by Gasteiger charge is -2.54. The van der Waals surface area contributed by atoms with Crippen molar-refractivity contribution in [1.29, 1.82) is 0 Å². The van der Waals surface area contributed by atoms with Crippen molar-refractivity contribution in [3.05, 3.63) is 0 Å². The van der Waals surface area contributed by atoms with Gasteiger partial charge in [0.05, 0.1) is 0 Å². The van der Waals surface area contributed by atoms with Gasteiger partial charge in [0.15, 0.2) is 0 Å². The fourth-order valence-corrected chi connectivity index (χ4v) is 4.66. The summed E-state index contributed by atoms with van der Waals surface area (Å²) in [7, 11) is 0. The van der Waals surface area contributed by atoms with Crippen LogP contribution in [0.2, 0.25) is 0 Å². The molecule has 4 rings (SSSR count). The summed E-state index contributed by atoms with van der Waals surface area (Å²) in [6, 6.07) is 0.779. The van der Waals surface area contributed by atoms with Crippen LogP contribution in [0.15, 0.2) is 0 Å². The summed E-state index contributed by atoms with van der Waals surface area (Å²) in [6.07, 6.45) is 7.47. The molecule has 0 saturated heterocycles. The van der Waals surface area contributed by atoms with Gasteiger partial charge in [-0.05, 0) is 61.7 Å². The Balaban J connectivity index is 1.59. The maximum absolute atomic E-state index is 9.08. The van der Waals surface area contributed by atoms with Crippen LogP contribution in [0.1, 0.15) is 39.0 Å². The summed E-state index contributed by atoms with van der Waals surface area (Å²) < 4.78 is 0. The maximum atomic E-state index is 9.08. The number of aliphatic hydroxyl groups excluding tert-OH is 1. The van der Waals surface area contributed by atoms with E-state index in [-0.39, 0.29) is 0 Å².